The minimum Gasteiger partial charge on any atom is -0.545 e. The number of carbonyl (C=O) groups excluding carboxylic acids is 2. The standard InChI is InChI=1S/C14H12N4O3S/c19-12(9-22-14-15-6-3-7-16-14)18-17-8-10-4-1-2-5-11(10)13(20)21/h1-8H,9H2,(H,18,19)(H,20,21)/p-1/b17-8-. The van der Waals surface area contributed by atoms with Crippen molar-refractivity contribution in [2.24, 2.45) is 5.10 Å². The normalized spacial score (nSPS) is 10.5. The number of rotatable bonds is 6. The molecule has 1 heterocycles. The topological polar surface area (TPSA) is 107 Å². The van der Waals surface area contributed by atoms with Crippen LogP contribution < -0.4 is 10.5 Å². The lowest BCUT2D eigenvalue weighted by Crippen LogP contribution is -2.24. The van der Waals surface area contributed by atoms with Crippen LogP contribution in [0, 0.1) is 0 Å². The Morgan fingerprint density at radius 3 is 2.68 bits per heavy atom. The summed E-state index contributed by atoms with van der Waals surface area (Å²) >= 11 is 1.17. The third kappa shape index (κ3) is 4.67. The number of aromatic carboxylic acids is 1. The molecule has 0 radical (unpaired) electrons. The zero-order valence-electron chi connectivity index (χ0n) is 11.3. The van der Waals surface area contributed by atoms with Crippen molar-refractivity contribution in [3.63, 3.8) is 0 Å². The molecule has 0 bridgehead atoms. The molecule has 1 N–H and O–H groups in total. The van der Waals surface area contributed by atoms with E-state index in [1.807, 2.05) is 0 Å². The molecule has 1 aromatic heterocycles. The van der Waals surface area contributed by atoms with Crippen LogP contribution in [0.15, 0.2) is 53.0 Å². The molecule has 0 fully saturated rings. The van der Waals surface area contributed by atoms with E-state index in [0.717, 1.165) is 0 Å². The van der Waals surface area contributed by atoms with Crippen LogP contribution in [0.1, 0.15) is 15.9 Å². The Labute approximate surface area is 130 Å². The maximum atomic E-state index is 11.6. The molecule has 22 heavy (non-hydrogen) atoms. The van der Waals surface area contributed by atoms with Crippen molar-refractivity contribution in [1.29, 1.82) is 0 Å². The van der Waals surface area contributed by atoms with Crippen molar-refractivity contribution in [2.45, 2.75) is 5.16 Å². The Kier molecular flexibility index (Phi) is 5.61. The Bertz CT molecular complexity index is 691. The minimum absolute atomic E-state index is 0.00700. The highest BCUT2D eigenvalue weighted by Gasteiger charge is 2.03. The van der Waals surface area contributed by atoms with Gasteiger partial charge in [0.25, 0.3) is 5.91 Å². The molecule has 1 aromatic carbocycles. The van der Waals surface area contributed by atoms with Crippen LogP contribution in [-0.2, 0) is 4.79 Å². The van der Waals surface area contributed by atoms with E-state index < -0.39 is 5.97 Å². The number of hydrazone groups is 1. The molecule has 0 spiro atoms. The van der Waals surface area contributed by atoms with Gasteiger partial charge in [-0.3, -0.25) is 4.79 Å². The molecule has 0 unspecified atom stereocenters. The predicted molar refractivity (Wildman–Crippen MR) is 79.3 cm³/mol. The van der Waals surface area contributed by atoms with Crippen LogP contribution in [0.4, 0.5) is 0 Å². The first-order valence-corrected chi connectivity index (χ1v) is 7.17. The number of benzene rings is 1. The van der Waals surface area contributed by atoms with E-state index in [9.17, 15) is 14.7 Å². The summed E-state index contributed by atoms with van der Waals surface area (Å²) in [6.07, 6.45) is 4.43. The van der Waals surface area contributed by atoms with Crippen molar-refractivity contribution in [3.8, 4) is 0 Å². The van der Waals surface area contributed by atoms with Crippen LogP contribution >= 0.6 is 11.8 Å². The predicted octanol–water partition coefficient (Wildman–Crippen LogP) is 0.0825. The lowest BCUT2D eigenvalue weighted by atomic mass is 10.1. The smallest absolute Gasteiger partial charge is 0.250 e. The number of hydrogen-bond acceptors (Lipinski definition) is 7. The van der Waals surface area contributed by atoms with E-state index in [-0.39, 0.29) is 17.2 Å². The summed E-state index contributed by atoms with van der Waals surface area (Å²) in [5, 5.41) is 15.1. The second kappa shape index (κ2) is 7.89. The maximum absolute atomic E-state index is 11.6. The van der Waals surface area contributed by atoms with Crippen LogP contribution in [0.5, 0.6) is 0 Å². The van der Waals surface area contributed by atoms with E-state index in [1.54, 1.807) is 36.7 Å². The minimum atomic E-state index is -1.30. The average Bonchev–Trinajstić information content (AvgIpc) is 2.54. The van der Waals surface area contributed by atoms with Gasteiger partial charge >= 0.3 is 0 Å². The van der Waals surface area contributed by atoms with E-state index in [2.05, 4.69) is 20.5 Å². The molecule has 0 aliphatic heterocycles. The van der Waals surface area contributed by atoms with Crippen LogP contribution in [0.25, 0.3) is 0 Å². The van der Waals surface area contributed by atoms with Gasteiger partial charge in [-0.1, -0.05) is 36.0 Å². The Hall–Kier alpha value is -2.74. The number of carbonyl (C=O) groups is 2. The van der Waals surface area contributed by atoms with Crippen molar-refractivity contribution in [2.75, 3.05) is 5.75 Å². The van der Waals surface area contributed by atoms with Crippen LogP contribution in [0.2, 0.25) is 0 Å². The summed E-state index contributed by atoms with van der Waals surface area (Å²) in [5.74, 6) is -1.55. The summed E-state index contributed by atoms with van der Waals surface area (Å²) in [4.78, 5) is 30.4. The summed E-state index contributed by atoms with van der Waals surface area (Å²) in [7, 11) is 0. The number of amides is 1. The average molecular weight is 315 g/mol. The van der Waals surface area contributed by atoms with Crippen molar-refractivity contribution >= 4 is 29.9 Å². The van der Waals surface area contributed by atoms with Gasteiger partial charge in [-0.2, -0.15) is 5.10 Å². The molecular weight excluding hydrogens is 304 g/mol. The molecule has 0 saturated heterocycles. The quantitative estimate of drug-likeness (QED) is 0.350. The molecule has 0 saturated carbocycles. The molecule has 112 valence electrons. The van der Waals surface area contributed by atoms with Gasteiger partial charge in [-0.05, 0) is 6.07 Å². The number of nitrogens with zero attached hydrogens (tertiary/aromatic N) is 3. The number of aromatic nitrogens is 2. The zero-order valence-corrected chi connectivity index (χ0v) is 12.1. The van der Waals surface area contributed by atoms with Gasteiger partial charge < -0.3 is 9.90 Å². The first-order valence-electron chi connectivity index (χ1n) is 6.19. The van der Waals surface area contributed by atoms with E-state index in [4.69, 9.17) is 0 Å². The molecule has 1 amide bonds. The molecular formula is C14H11N4O3S-. The van der Waals surface area contributed by atoms with Gasteiger partial charge in [-0.25, -0.2) is 15.4 Å². The SMILES string of the molecule is O=C(CSc1ncccn1)N/N=C\c1ccccc1C(=O)[O-]. The molecule has 2 aromatic rings. The fraction of sp³-hybridized carbons (Fsp3) is 0.0714. The lowest BCUT2D eigenvalue weighted by molar-refractivity contribution is -0.255. The Morgan fingerprint density at radius 1 is 1.23 bits per heavy atom. The first kappa shape index (κ1) is 15.6. The first-order chi connectivity index (χ1) is 10.7. The van der Waals surface area contributed by atoms with E-state index in [1.165, 1.54) is 24.0 Å². The highest BCUT2D eigenvalue weighted by Crippen LogP contribution is 2.09. The number of nitrogens with one attached hydrogen (secondary N) is 1. The molecule has 0 atom stereocenters. The third-order valence-electron chi connectivity index (χ3n) is 2.45. The molecule has 7 nitrogen and oxygen atoms in total. The molecule has 0 aliphatic rings. The molecule has 0 aliphatic carbocycles. The zero-order chi connectivity index (χ0) is 15.8. The lowest BCUT2D eigenvalue weighted by Gasteiger charge is -2.05. The van der Waals surface area contributed by atoms with Gasteiger partial charge in [0.2, 0.25) is 0 Å². The Morgan fingerprint density at radius 2 is 1.95 bits per heavy atom. The van der Waals surface area contributed by atoms with Crippen molar-refractivity contribution in [1.82, 2.24) is 15.4 Å². The fourth-order valence-electron chi connectivity index (χ4n) is 1.49. The van der Waals surface area contributed by atoms with Crippen molar-refractivity contribution < 1.29 is 14.7 Å². The number of hydrogen-bond donors (Lipinski definition) is 1. The highest BCUT2D eigenvalue weighted by molar-refractivity contribution is 7.99. The highest BCUT2D eigenvalue weighted by atomic mass is 32.2. The molecule has 2 rings (SSSR count). The summed E-state index contributed by atoms with van der Waals surface area (Å²) < 4.78 is 0. The second-order valence-electron chi connectivity index (χ2n) is 3.99. The number of carboxylic acid groups (broad SMARTS) is 1. The van der Waals surface area contributed by atoms with Gasteiger partial charge in [0, 0.05) is 23.5 Å². The van der Waals surface area contributed by atoms with Crippen LogP contribution in [0.3, 0.4) is 0 Å². The monoisotopic (exact) mass is 315 g/mol. The number of thioether (sulfide) groups is 1. The fourth-order valence-corrected chi connectivity index (χ4v) is 2.09. The number of carboxylic acids is 1. The van der Waals surface area contributed by atoms with Gasteiger partial charge in [-0.15, -0.1) is 0 Å². The third-order valence-corrected chi connectivity index (χ3v) is 3.32. The van der Waals surface area contributed by atoms with E-state index in [0.29, 0.717) is 10.7 Å². The largest absolute Gasteiger partial charge is 0.545 e. The second-order valence-corrected chi connectivity index (χ2v) is 4.93. The molecule has 8 heteroatoms. The van der Waals surface area contributed by atoms with Gasteiger partial charge in [0.15, 0.2) is 5.16 Å². The summed E-state index contributed by atoms with van der Waals surface area (Å²) in [5.41, 5.74) is 2.66. The van der Waals surface area contributed by atoms with E-state index >= 15 is 0 Å². The van der Waals surface area contributed by atoms with Crippen LogP contribution in [-0.4, -0.2) is 33.8 Å². The van der Waals surface area contributed by atoms with Gasteiger partial charge in [0.05, 0.1) is 17.9 Å². The van der Waals surface area contributed by atoms with Gasteiger partial charge in [0.1, 0.15) is 0 Å². The summed E-state index contributed by atoms with van der Waals surface area (Å²) in [6, 6.07) is 7.90. The summed E-state index contributed by atoms with van der Waals surface area (Å²) in [6.45, 7) is 0. The van der Waals surface area contributed by atoms with Crippen molar-refractivity contribution in [3.05, 3.63) is 53.9 Å². The maximum Gasteiger partial charge on any atom is 0.250 e. The Balaban J connectivity index is 1.87.